The molecule has 4 rings (SSSR count). The minimum atomic E-state index is 0.0670. The lowest BCUT2D eigenvalue weighted by molar-refractivity contribution is -0.137. The zero-order chi connectivity index (χ0) is 19.9. The van der Waals surface area contributed by atoms with Crippen molar-refractivity contribution in [3.05, 3.63) is 11.3 Å². The summed E-state index contributed by atoms with van der Waals surface area (Å²) in [4.78, 5) is 28.9. The van der Waals surface area contributed by atoms with E-state index in [-0.39, 0.29) is 17.2 Å². The maximum absolute atomic E-state index is 12.8. The van der Waals surface area contributed by atoms with E-state index < -0.39 is 0 Å². The van der Waals surface area contributed by atoms with Crippen LogP contribution in [0, 0.1) is 5.92 Å². The average molecular weight is 388 g/mol. The van der Waals surface area contributed by atoms with Gasteiger partial charge in [-0.2, -0.15) is 4.98 Å². The summed E-state index contributed by atoms with van der Waals surface area (Å²) in [5, 5.41) is 0. The first kappa shape index (κ1) is 19.4. The number of fused-ring (bicyclic) bond motifs is 2. The highest BCUT2D eigenvalue weighted by Crippen LogP contribution is 2.48. The molecule has 0 bridgehead atoms. The van der Waals surface area contributed by atoms with Gasteiger partial charge in [-0.25, -0.2) is 4.98 Å². The highest BCUT2D eigenvalue weighted by molar-refractivity contribution is 5.79. The van der Waals surface area contributed by atoms with E-state index in [4.69, 9.17) is 14.7 Å². The first-order valence-corrected chi connectivity index (χ1v) is 10.6. The molecule has 2 aliphatic heterocycles. The van der Waals surface area contributed by atoms with Crippen LogP contribution in [0.15, 0.2) is 0 Å². The van der Waals surface area contributed by atoms with Gasteiger partial charge in [0.25, 0.3) is 0 Å². The molecule has 0 N–H and O–H groups in total. The topological polar surface area (TPSA) is 61.8 Å². The number of anilines is 2. The van der Waals surface area contributed by atoms with Gasteiger partial charge in [-0.3, -0.25) is 4.79 Å². The fourth-order valence-corrected chi connectivity index (χ4v) is 4.91. The molecule has 0 radical (unpaired) electrons. The Bertz CT molecular complexity index is 737. The molecule has 1 spiro atoms. The Kier molecular flexibility index (Phi) is 5.21. The molecule has 7 heteroatoms. The Morgan fingerprint density at radius 2 is 1.96 bits per heavy atom. The van der Waals surface area contributed by atoms with Crippen LogP contribution in [-0.4, -0.2) is 74.8 Å². The molecule has 3 heterocycles. The fourth-order valence-electron chi connectivity index (χ4n) is 4.91. The van der Waals surface area contributed by atoms with Gasteiger partial charge in [0.15, 0.2) is 0 Å². The summed E-state index contributed by atoms with van der Waals surface area (Å²) in [6.45, 7) is 6.06. The van der Waals surface area contributed by atoms with E-state index in [1.807, 2.05) is 19.0 Å². The van der Waals surface area contributed by atoms with E-state index >= 15 is 0 Å². The van der Waals surface area contributed by atoms with Crippen molar-refractivity contribution in [1.29, 1.82) is 0 Å². The summed E-state index contributed by atoms with van der Waals surface area (Å²) in [6, 6.07) is 0. The van der Waals surface area contributed by atoms with E-state index in [1.54, 1.807) is 0 Å². The van der Waals surface area contributed by atoms with Crippen LogP contribution < -0.4 is 9.80 Å². The van der Waals surface area contributed by atoms with Gasteiger partial charge in [-0.05, 0) is 39.0 Å². The van der Waals surface area contributed by atoms with Crippen molar-refractivity contribution in [2.45, 2.75) is 44.4 Å². The first-order valence-electron chi connectivity index (χ1n) is 10.6. The summed E-state index contributed by atoms with van der Waals surface area (Å²) < 4.78 is 5.42. The number of hydrogen-bond donors (Lipinski definition) is 0. The van der Waals surface area contributed by atoms with Gasteiger partial charge in [0, 0.05) is 58.4 Å². The zero-order valence-corrected chi connectivity index (χ0v) is 17.7. The number of hydrogen-bond acceptors (Lipinski definition) is 6. The number of piperidine rings is 1. The third-order valence-electron chi connectivity index (χ3n) is 6.88. The maximum Gasteiger partial charge on any atom is 0.228 e. The molecule has 1 aromatic heterocycles. The van der Waals surface area contributed by atoms with Crippen LogP contribution in [0.5, 0.6) is 0 Å². The normalized spacial score (nSPS) is 23.1. The van der Waals surface area contributed by atoms with E-state index in [1.165, 1.54) is 11.3 Å². The predicted molar refractivity (Wildman–Crippen MR) is 110 cm³/mol. The zero-order valence-electron chi connectivity index (χ0n) is 17.7. The third kappa shape index (κ3) is 3.23. The summed E-state index contributed by atoms with van der Waals surface area (Å²) >= 11 is 0. The van der Waals surface area contributed by atoms with Crippen LogP contribution in [0.25, 0.3) is 0 Å². The number of carbonyl (C=O) groups excluding carboxylic acids is 1. The van der Waals surface area contributed by atoms with Crippen molar-refractivity contribution < 1.29 is 9.53 Å². The molecule has 2 saturated heterocycles. The Morgan fingerprint density at radius 1 is 1.21 bits per heavy atom. The fraction of sp³-hybridized carbons (Fsp3) is 0.762. The number of aromatic nitrogens is 2. The van der Waals surface area contributed by atoms with Gasteiger partial charge in [-0.15, -0.1) is 0 Å². The minimum Gasteiger partial charge on any atom is -0.381 e. The summed E-state index contributed by atoms with van der Waals surface area (Å²) in [5.41, 5.74) is 2.65. The first-order chi connectivity index (χ1) is 13.4. The second-order valence-electron chi connectivity index (χ2n) is 8.75. The standard InChI is InChI=1S/C21H33N5O2/c1-5-25(4)18-16-6-8-21(17(16)22-20(23-18)24(2)3)9-11-26(12-10-21)19(27)15-7-13-28-14-15/h15H,5-14H2,1-4H3. The number of rotatable bonds is 4. The molecule has 3 aliphatic rings. The van der Waals surface area contributed by atoms with Crippen molar-refractivity contribution in [2.75, 3.05) is 63.8 Å². The van der Waals surface area contributed by atoms with Crippen LogP contribution in [0.4, 0.5) is 11.8 Å². The second kappa shape index (κ2) is 7.50. The molecular weight excluding hydrogens is 354 g/mol. The number of likely N-dealkylation sites (tertiary alicyclic amines) is 1. The lowest BCUT2D eigenvalue weighted by Gasteiger charge is -2.40. The molecular formula is C21H33N5O2. The van der Waals surface area contributed by atoms with Crippen molar-refractivity contribution in [1.82, 2.24) is 14.9 Å². The molecule has 1 unspecified atom stereocenters. The monoisotopic (exact) mass is 387 g/mol. The lowest BCUT2D eigenvalue weighted by atomic mass is 9.76. The van der Waals surface area contributed by atoms with Crippen LogP contribution in [0.2, 0.25) is 0 Å². The molecule has 28 heavy (non-hydrogen) atoms. The number of amides is 1. The highest BCUT2D eigenvalue weighted by Gasteiger charge is 2.45. The SMILES string of the molecule is CCN(C)c1nc(N(C)C)nc2c1CCC21CCN(C(=O)C2CCOC2)CC1. The molecule has 2 fully saturated rings. The molecule has 1 aromatic rings. The van der Waals surface area contributed by atoms with Crippen LogP contribution in [0.1, 0.15) is 43.9 Å². The molecule has 1 aliphatic carbocycles. The molecule has 1 amide bonds. The highest BCUT2D eigenvalue weighted by atomic mass is 16.5. The second-order valence-corrected chi connectivity index (χ2v) is 8.75. The van der Waals surface area contributed by atoms with Crippen molar-refractivity contribution in [3.8, 4) is 0 Å². The van der Waals surface area contributed by atoms with Crippen molar-refractivity contribution in [2.24, 2.45) is 5.92 Å². The smallest absolute Gasteiger partial charge is 0.228 e. The van der Waals surface area contributed by atoms with Gasteiger partial charge >= 0.3 is 0 Å². The average Bonchev–Trinajstić information content (AvgIpc) is 3.36. The molecule has 154 valence electrons. The molecule has 7 nitrogen and oxygen atoms in total. The van der Waals surface area contributed by atoms with E-state index in [9.17, 15) is 4.79 Å². The molecule has 0 aromatic carbocycles. The predicted octanol–water partition coefficient (Wildman–Crippen LogP) is 1.84. The van der Waals surface area contributed by atoms with Gasteiger partial charge in [-0.1, -0.05) is 0 Å². The van der Waals surface area contributed by atoms with Gasteiger partial charge in [0.1, 0.15) is 5.82 Å². The van der Waals surface area contributed by atoms with Crippen molar-refractivity contribution >= 4 is 17.7 Å². The quantitative estimate of drug-likeness (QED) is 0.786. The van der Waals surface area contributed by atoms with Gasteiger partial charge < -0.3 is 19.4 Å². The summed E-state index contributed by atoms with van der Waals surface area (Å²) in [5.74, 6) is 2.22. The Balaban J connectivity index is 1.59. The maximum atomic E-state index is 12.8. The summed E-state index contributed by atoms with van der Waals surface area (Å²) in [6.07, 6.45) is 5.02. The Hall–Kier alpha value is -1.89. The van der Waals surface area contributed by atoms with E-state index in [0.29, 0.717) is 6.61 Å². The Morgan fingerprint density at radius 3 is 2.57 bits per heavy atom. The van der Waals surface area contributed by atoms with Crippen LogP contribution in [-0.2, 0) is 21.4 Å². The van der Waals surface area contributed by atoms with Crippen LogP contribution >= 0.6 is 0 Å². The number of nitrogens with zero attached hydrogens (tertiary/aromatic N) is 5. The van der Waals surface area contributed by atoms with Crippen LogP contribution in [0.3, 0.4) is 0 Å². The van der Waals surface area contributed by atoms with Gasteiger partial charge in [0.2, 0.25) is 11.9 Å². The summed E-state index contributed by atoms with van der Waals surface area (Å²) in [7, 11) is 6.12. The molecule has 0 saturated carbocycles. The Labute approximate surface area is 168 Å². The third-order valence-corrected chi connectivity index (χ3v) is 6.88. The number of carbonyl (C=O) groups is 1. The van der Waals surface area contributed by atoms with E-state index in [0.717, 1.165) is 70.1 Å². The lowest BCUT2D eigenvalue weighted by Crippen LogP contribution is -2.46. The largest absolute Gasteiger partial charge is 0.381 e. The van der Waals surface area contributed by atoms with Crippen molar-refractivity contribution in [3.63, 3.8) is 0 Å². The molecule has 1 atom stereocenters. The van der Waals surface area contributed by atoms with E-state index in [2.05, 4.69) is 23.8 Å². The van der Waals surface area contributed by atoms with Gasteiger partial charge in [0.05, 0.1) is 18.2 Å². The number of ether oxygens (including phenoxy) is 1. The minimum absolute atomic E-state index is 0.0670.